The van der Waals surface area contributed by atoms with E-state index in [4.69, 9.17) is 4.74 Å². The van der Waals surface area contributed by atoms with Crippen molar-refractivity contribution < 1.29 is 23.1 Å². The summed E-state index contributed by atoms with van der Waals surface area (Å²) in [6, 6.07) is 10.5. The zero-order valence-electron chi connectivity index (χ0n) is 13.1. The number of pyridine rings is 1. The normalized spacial score (nSPS) is 13.1. The largest absolute Gasteiger partial charge is 0.456 e. The fourth-order valence-electron chi connectivity index (χ4n) is 2.76. The van der Waals surface area contributed by atoms with E-state index in [2.05, 4.69) is 4.98 Å². The molecule has 0 aliphatic carbocycles. The van der Waals surface area contributed by atoms with Crippen molar-refractivity contribution in [2.24, 2.45) is 0 Å². The number of fused-ring (bicyclic) bond motifs is 1. The van der Waals surface area contributed by atoms with E-state index < -0.39 is 23.4 Å². The number of carbonyl (C=O) groups excluding carboxylic acids is 2. The van der Waals surface area contributed by atoms with Crippen LogP contribution in [0, 0.1) is 11.6 Å². The van der Waals surface area contributed by atoms with Gasteiger partial charge < -0.3 is 4.74 Å². The Hall–Kier alpha value is -3.61. The summed E-state index contributed by atoms with van der Waals surface area (Å²) in [6.45, 7) is 0. The monoisotopic (exact) mass is 352 g/mol. The van der Waals surface area contributed by atoms with E-state index in [9.17, 15) is 18.4 Å². The van der Waals surface area contributed by atoms with E-state index in [-0.39, 0.29) is 22.6 Å². The number of carbonyl (C=O) groups is 2. The maximum atomic E-state index is 14.0. The van der Waals surface area contributed by atoms with Crippen LogP contribution < -0.4 is 9.64 Å². The lowest BCUT2D eigenvalue weighted by atomic mass is 10.1. The average Bonchev–Trinajstić information content (AvgIpc) is 2.87. The highest BCUT2D eigenvalue weighted by molar-refractivity contribution is 6.34. The zero-order valence-corrected chi connectivity index (χ0v) is 13.1. The van der Waals surface area contributed by atoms with Crippen molar-refractivity contribution in [2.45, 2.75) is 0 Å². The van der Waals surface area contributed by atoms with Gasteiger partial charge >= 0.3 is 0 Å². The molecule has 3 aromatic rings. The van der Waals surface area contributed by atoms with Crippen LogP contribution in [0.1, 0.15) is 20.7 Å². The lowest BCUT2D eigenvalue weighted by Gasteiger charge is -2.15. The number of hydrogen-bond donors (Lipinski definition) is 0. The fourth-order valence-corrected chi connectivity index (χ4v) is 2.76. The van der Waals surface area contributed by atoms with Gasteiger partial charge in [-0.15, -0.1) is 0 Å². The number of aromatic nitrogens is 1. The molecule has 1 aliphatic rings. The highest BCUT2D eigenvalue weighted by Crippen LogP contribution is 2.33. The molecule has 1 aromatic heterocycles. The molecule has 0 radical (unpaired) electrons. The molecule has 26 heavy (non-hydrogen) atoms. The van der Waals surface area contributed by atoms with E-state index in [0.717, 1.165) is 23.1 Å². The summed E-state index contributed by atoms with van der Waals surface area (Å²) in [4.78, 5) is 29.6. The van der Waals surface area contributed by atoms with Gasteiger partial charge in [0.2, 0.25) is 0 Å². The molecule has 2 amide bonds. The minimum Gasteiger partial charge on any atom is -0.456 e. The number of rotatable bonds is 3. The summed E-state index contributed by atoms with van der Waals surface area (Å²) >= 11 is 0. The molecular weight excluding hydrogens is 342 g/mol. The lowest BCUT2D eigenvalue weighted by Crippen LogP contribution is -2.29. The van der Waals surface area contributed by atoms with Crippen molar-refractivity contribution >= 4 is 17.5 Å². The number of halogens is 2. The zero-order chi connectivity index (χ0) is 18.3. The van der Waals surface area contributed by atoms with Gasteiger partial charge in [-0.1, -0.05) is 6.07 Å². The van der Waals surface area contributed by atoms with Crippen LogP contribution in [0.3, 0.4) is 0 Å². The first-order valence-corrected chi connectivity index (χ1v) is 7.60. The van der Waals surface area contributed by atoms with Crippen LogP contribution in [-0.2, 0) is 0 Å². The number of anilines is 1. The third-order valence-electron chi connectivity index (χ3n) is 3.85. The molecule has 0 atom stereocenters. The first-order valence-electron chi connectivity index (χ1n) is 7.60. The van der Waals surface area contributed by atoms with Gasteiger partial charge in [-0.2, -0.15) is 0 Å². The molecule has 0 fully saturated rings. The van der Waals surface area contributed by atoms with Crippen molar-refractivity contribution in [1.82, 2.24) is 4.98 Å². The number of imide groups is 1. The highest BCUT2D eigenvalue weighted by atomic mass is 19.1. The Bertz CT molecular complexity index is 1040. The van der Waals surface area contributed by atoms with Gasteiger partial charge in [0.25, 0.3) is 11.8 Å². The quantitative estimate of drug-likeness (QED) is 0.670. The maximum Gasteiger partial charge on any atom is 0.269 e. The summed E-state index contributed by atoms with van der Waals surface area (Å²) in [5, 5.41) is 0. The summed E-state index contributed by atoms with van der Waals surface area (Å²) in [5.74, 6) is -2.64. The molecule has 5 nitrogen and oxygen atoms in total. The van der Waals surface area contributed by atoms with E-state index in [1.807, 2.05) is 0 Å². The topological polar surface area (TPSA) is 59.5 Å². The number of benzene rings is 2. The molecule has 2 heterocycles. The standard InChI is InChI=1S/C19H10F2N2O3/c20-11-7-12(9-14(8-11)26-13-3-2-6-22-10-13)23-18(24)15-4-1-5-16(21)17(15)19(23)25/h1-10H. The van der Waals surface area contributed by atoms with E-state index in [1.54, 1.807) is 18.3 Å². The molecular formula is C19H10F2N2O3. The van der Waals surface area contributed by atoms with E-state index in [0.29, 0.717) is 5.75 Å². The molecule has 1 aliphatic heterocycles. The van der Waals surface area contributed by atoms with Gasteiger partial charge in [0.15, 0.2) is 0 Å². The highest BCUT2D eigenvalue weighted by Gasteiger charge is 2.39. The molecule has 128 valence electrons. The van der Waals surface area contributed by atoms with Crippen molar-refractivity contribution in [3.8, 4) is 11.5 Å². The molecule has 0 spiro atoms. The summed E-state index contributed by atoms with van der Waals surface area (Å²) in [7, 11) is 0. The van der Waals surface area contributed by atoms with Gasteiger partial charge in [-0.25, -0.2) is 13.7 Å². The van der Waals surface area contributed by atoms with Crippen LogP contribution in [0.15, 0.2) is 60.9 Å². The second-order valence-corrected chi connectivity index (χ2v) is 5.54. The molecule has 4 rings (SSSR count). The van der Waals surface area contributed by atoms with Gasteiger partial charge in [0, 0.05) is 18.3 Å². The Morgan fingerprint density at radius 1 is 0.923 bits per heavy atom. The minimum atomic E-state index is -0.846. The number of amides is 2. The number of ether oxygens (including phenoxy) is 1. The molecule has 7 heteroatoms. The number of hydrogen-bond acceptors (Lipinski definition) is 4. The molecule has 0 unspecified atom stereocenters. The second kappa shape index (κ2) is 6.03. The minimum absolute atomic E-state index is 0.0468. The van der Waals surface area contributed by atoms with Gasteiger partial charge in [-0.3, -0.25) is 14.6 Å². The Labute approximate surface area is 146 Å². The first-order chi connectivity index (χ1) is 12.5. The predicted octanol–water partition coefficient (Wildman–Crippen LogP) is 3.95. The van der Waals surface area contributed by atoms with Crippen LogP contribution in [0.4, 0.5) is 14.5 Å². The fraction of sp³-hybridized carbons (Fsp3) is 0. The van der Waals surface area contributed by atoms with Crippen molar-refractivity contribution in [3.05, 3.63) is 83.7 Å². The van der Waals surface area contributed by atoms with Crippen LogP contribution in [0.2, 0.25) is 0 Å². The predicted molar refractivity (Wildman–Crippen MR) is 88.3 cm³/mol. The molecule has 2 aromatic carbocycles. The first kappa shape index (κ1) is 15.9. The molecule has 0 N–H and O–H groups in total. The third kappa shape index (κ3) is 2.59. The summed E-state index contributed by atoms with van der Waals surface area (Å²) < 4.78 is 33.5. The van der Waals surface area contributed by atoms with Gasteiger partial charge in [0.05, 0.1) is 23.0 Å². The molecule has 0 saturated heterocycles. The van der Waals surface area contributed by atoms with E-state index in [1.165, 1.54) is 24.4 Å². The van der Waals surface area contributed by atoms with E-state index >= 15 is 0 Å². The smallest absolute Gasteiger partial charge is 0.269 e. The Balaban J connectivity index is 1.74. The number of nitrogens with zero attached hydrogens (tertiary/aromatic N) is 2. The lowest BCUT2D eigenvalue weighted by molar-refractivity contribution is 0.0925. The Morgan fingerprint density at radius 2 is 1.77 bits per heavy atom. The average molecular weight is 352 g/mol. The molecule has 0 bridgehead atoms. The Kier molecular flexibility index (Phi) is 3.69. The summed E-state index contributed by atoms with van der Waals surface area (Å²) in [6.07, 6.45) is 2.99. The maximum absolute atomic E-state index is 14.0. The SMILES string of the molecule is O=C1c2cccc(F)c2C(=O)N1c1cc(F)cc(Oc2cccnc2)c1. The van der Waals surface area contributed by atoms with Crippen molar-refractivity contribution in [1.29, 1.82) is 0 Å². The van der Waals surface area contributed by atoms with Crippen LogP contribution in [0.25, 0.3) is 0 Å². The van der Waals surface area contributed by atoms with Gasteiger partial charge in [-0.05, 0) is 30.3 Å². The van der Waals surface area contributed by atoms with Crippen LogP contribution >= 0.6 is 0 Å². The Morgan fingerprint density at radius 3 is 2.50 bits per heavy atom. The molecule has 0 saturated carbocycles. The third-order valence-corrected chi connectivity index (χ3v) is 3.85. The second-order valence-electron chi connectivity index (χ2n) is 5.54. The summed E-state index contributed by atoms with van der Waals surface area (Å²) in [5.41, 5.74) is -0.431. The van der Waals surface area contributed by atoms with Gasteiger partial charge in [0.1, 0.15) is 23.1 Å². The van der Waals surface area contributed by atoms with Crippen LogP contribution in [0.5, 0.6) is 11.5 Å². The van der Waals surface area contributed by atoms with Crippen LogP contribution in [-0.4, -0.2) is 16.8 Å². The van der Waals surface area contributed by atoms with Crippen molar-refractivity contribution in [3.63, 3.8) is 0 Å². The van der Waals surface area contributed by atoms with Crippen molar-refractivity contribution in [2.75, 3.05) is 4.90 Å².